The van der Waals surface area contributed by atoms with E-state index in [4.69, 9.17) is 28.4 Å². The highest BCUT2D eigenvalue weighted by Crippen LogP contribution is 2.36. The van der Waals surface area contributed by atoms with Crippen LogP contribution in [0.4, 0.5) is 0 Å². The molecule has 0 aliphatic carbocycles. The van der Waals surface area contributed by atoms with E-state index in [2.05, 4.69) is 247 Å². The Morgan fingerprint density at radius 2 is 0.716 bits per heavy atom. The second-order valence-electron chi connectivity index (χ2n) is 26.1. The van der Waals surface area contributed by atoms with Crippen molar-refractivity contribution in [2.45, 2.75) is 173 Å². The molecule has 6 aromatic rings. The molecule has 2 aliphatic rings. The lowest BCUT2D eigenvalue weighted by Crippen LogP contribution is -2.63. The van der Waals surface area contributed by atoms with Crippen LogP contribution in [0, 0.1) is 0 Å². The smallest absolute Gasteiger partial charge is 0.119 e. The van der Waals surface area contributed by atoms with Gasteiger partial charge in [0.05, 0.1) is 39.6 Å². The number of hydrogen-bond acceptors (Lipinski definition) is 10. The standard InChI is InChI=1S/C71H96N4O6/c1-67(2)43-61(44-68(3,4)72-67)74(39-41-76-49-55-23-15-11-16-24-55)47-65(78-51-57-27-19-13-20-28-57)53-80-63-35-31-59(32-36-63)71(9,10)60-33-37-64(38-34-60)81-54-66(79-52-58-29-21-14-22-30-58)48-75(40-42-77-50-56-25-17-12-18-26-56)62-45-69(5,6)73-70(7,8)46-62/h11-38,61-62,65-66,72-73H,39-54H2,1-10H3. The van der Waals surface area contributed by atoms with Crippen molar-refractivity contribution in [3.05, 3.63) is 203 Å². The first-order chi connectivity index (χ1) is 38.8. The molecule has 2 heterocycles. The number of hydrogen-bond donors (Lipinski definition) is 2. The van der Waals surface area contributed by atoms with Crippen LogP contribution in [0.1, 0.15) is 128 Å². The molecule has 2 aliphatic heterocycles. The van der Waals surface area contributed by atoms with Crippen molar-refractivity contribution in [3.63, 3.8) is 0 Å². The molecule has 10 heteroatoms. The molecule has 0 spiro atoms. The van der Waals surface area contributed by atoms with Gasteiger partial charge in [-0.15, -0.1) is 0 Å². The van der Waals surface area contributed by atoms with Gasteiger partial charge in [0, 0.05) is 65.8 Å². The fourth-order valence-corrected chi connectivity index (χ4v) is 12.7. The second-order valence-corrected chi connectivity index (χ2v) is 26.1. The summed E-state index contributed by atoms with van der Waals surface area (Å²) >= 11 is 0. The normalized spacial score (nSPS) is 17.9. The van der Waals surface area contributed by atoms with Gasteiger partial charge >= 0.3 is 0 Å². The van der Waals surface area contributed by atoms with Crippen LogP contribution in [0.3, 0.4) is 0 Å². The van der Waals surface area contributed by atoms with Gasteiger partial charge in [0.15, 0.2) is 0 Å². The summed E-state index contributed by atoms with van der Waals surface area (Å²) in [5.41, 5.74) is 6.74. The lowest BCUT2D eigenvalue weighted by atomic mass is 9.78. The van der Waals surface area contributed by atoms with E-state index in [1.165, 1.54) is 22.3 Å². The highest BCUT2D eigenvalue weighted by Gasteiger charge is 2.42. The van der Waals surface area contributed by atoms with Gasteiger partial charge in [-0.05, 0) is 139 Å². The predicted octanol–water partition coefficient (Wildman–Crippen LogP) is 13.6. The van der Waals surface area contributed by atoms with Crippen LogP contribution in [0.25, 0.3) is 0 Å². The van der Waals surface area contributed by atoms with Gasteiger partial charge in [-0.2, -0.15) is 0 Å². The molecule has 6 aromatic carbocycles. The Balaban J connectivity index is 0.918. The van der Waals surface area contributed by atoms with E-state index in [-0.39, 0.29) is 39.8 Å². The van der Waals surface area contributed by atoms with E-state index in [9.17, 15) is 0 Å². The topological polar surface area (TPSA) is 85.9 Å². The quantitative estimate of drug-likeness (QED) is 0.0425. The van der Waals surface area contributed by atoms with Crippen LogP contribution in [-0.4, -0.2) is 109 Å². The number of nitrogens with one attached hydrogen (secondary N) is 2. The molecule has 0 bridgehead atoms. The molecule has 2 saturated heterocycles. The first-order valence-corrected chi connectivity index (χ1v) is 29.9. The van der Waals surface area contributed by atoms with E-state index in [0.29, 0.717) is 64.9 Å². The first kappa shape index (κ1) is 61.7. The Kier molecular flexibility index (Phi) is 21.9. The zero-order valence-electron chi connectivity index (χ0n) is 50.6. The van der Waals surface area contributed by atoms with Gasteiger partial charge in [0.25, 0.3) is 0 Å². The maximum atomic E-state index is 6.79. The van der Waals surface area contributed by atoms with Crippen molar-refractivity contribution >= 4 is 0 Å². The van der Waals surface area contributed by atoms with E-state index in [1.807, 2.05) is 12.1 Å². The molecule has 0 aromatic heterocycles. The largest absolute Gasteiger partial charge is 0.491 e. The first-order valence-electron chi connectivity index (χ1n) is 29.9. The van der Waals surface area contributed by atoms with Gasteiger partial charge in [-0.1, -0.05) is 159 Å². The van der Waals surface area contributed by atoms with Crippen molar-refractivity contribution < 1.29 is 28.4 Å². The lowest BCUT2D eigenvalue weighted by molar-refractivity contribution is -0.0385. The molecule has 8 rings (SSSR count). The molecule has 2 atom stereocenters. The summed E-state index contributed by atoms with van der Waals surface area (Å²) in [6.45, 7) is 30.5. The summed E-state index contributed by atoms with van der Waals surface area (Å²) in [5, 5.41) is 7.79. The van der Waals surface area contributed by atoms with Crippen molar-refractivity contribution in [1.29, 1.82) is 0 Å². The monoisotopic (exact) mass is 1100 g/mol. The third-order valence-corrected chi connectivity index (χ3v) is 16.2. The zero-order chi connectivity index (χ0) is 57.4. The number of ether oxygens (including phenoxy) is 6. The molecule has 0 amide bonds. The number of rotatable bonds is 30. The van der Waals surface area contributed by atoms with Gasteiger partial charge in [-0.25, -0.2) is 0 Å². The van der Waals surface area contributed by atoms with E-state index in [0.717, 1.165) is 74.5 Å². The maximum absolute atomic E-state index is 6.79. The van der Waals surface area contributed by atoms with Crippen LogP contribution in [0.15, 0.2) is 170 Å². The molecular formula is C71H96N4O6. The highest BCUT2D eigenvalue weighted by atomic mass is 16.5. The Morgan fingerprint density at radius 3 is 1.02 bits per heavy atom. The van der Waals surface area contributed by atoms with Crippen molar-refractivity contribution in [2.24, 2.45) is 0 Å². The minimum atomic E-state index is -0.279. The third kappa shape index (κ3) is 19.9. The third-order valence-electron chi connectivity index (χ3n) is 16.2. The predicted molar refractivity (Wildman–Crippen MR) is 330 cm³/mol. The summed E-state index contributed by atoms with van der Waals surface area (Å²) in [6, 6.07) is 59.7. The van der Waals surface area contributed by atoms with Crippen LogP contribution in [0.2, 0.25) is 0 Å². The van der Waals surface area contributed by atoms with Gasteiger partial charge in [0.1, 0.15) is 36.9 Å². The van der Waals surface area contributed by atoms with E-state index in [1.54, 1.807) is 0 Å². The fourth-order valence-electron chi connectivity index (χ4n) is 12.7. The number of piperidine rings is 2. The van der Waals surface area contributed by atoms with Crippen LogP contribution < -0.4 is 20.1 Å². The summed E-state index contributed by atoms with van der Waals surface area (Å²) in [7, 11) is 0. The Bertz CT molecular complexity index is 2520. The van der Waals surface area contributed by atoms with Crippen molar-refractivity contribution in [1.82, 2.24) is 20.4 Å². The SMILES string of the molecule is CC1(C)CC(N(CCOCc2ccccc2)CC(COc2ccc(C(C)(C)c3ccc(OCC(CN(CCOCc4ccccc4)C4CC(C)(C)NC(C)(C)C4)OCc4ccccc4)cc3)cc2)OCc2ccccc2)CC(C)(C)N1. The minimum Gasteiger partial charge on any atom is -0.491 e. The zero-order valence-corrected chi connectivity index (χ0v) is 50.6. The van der Waals surface area contributed by atoms with Crippen molar-refractivity contribution in [2.75, 3.05) is 52.6 Å². The van der Waals surface area contributed by atoms with E-state index >= 15 is 0 Å². The molecule has 2 fully saturated rings. The maximum Gasteiger partial charge on any atom is 0.119 e. The Morgan fingerprint density at radius 1 is 0.420 bits per heavy atom. The average molecular weight is 1100 g/mol. The Labute approximate surface area is 487 Å². The van der Waals surface area contributed by atoms with Crippen LogP contribution in [-0.2, 0) is 50.8 Å². The van der Waals surface area contributed by atoms with Crippen LogP contribution >= 0.6 is 0 Å². The van der Waals surface area contributed by atoms with Gasteiger partial charge in [-0.3, -0.25) is 9.80 Å². The molecule has 2 N–H and O–H groups in total. The molecule has 81 heavy (non-hydrogen) atoms. The fraction of sp³-hybridized carbons (Fsp3) is 0.493. The lowest BCUT2D eigenvalue weighted by Gasteiger charge is -2.50. The van der Waals surface area contributed by atoms with Crippen molar-refractivity contribution in [3.8, 4) is 11.5 Å². The average Bonchev–Trinajstić information content (AvgIpc) is 3.46. The van der Waals surface area contributed by atoms with Gasteiger partial charge < -0.3 is 39.1 Å². The highest BCUT2D eigenvalue weighted by molar-refractivity contribution is 5.42. The summed E-state index contributed by atoms with van der Waals surface area (Å²) < 4.78 is 39.6. The molecule has 0 saturated carbocycles. The Hall–Kier alpha value is -5.40. The second kappa shape index (κ2) is 28.7. The minimum absolute atomic E-state index is 0.00913. The molecule has 0 radical (unpaired) electrons. The summed E-state index contributed by atoms with van der Waals surface area (Å²) in [6.07, 6.45) is 3.76. The molecular weight excluding hydrogens is 1000 g/mol. The summed E-state index contributed by atoms with van der Waals surface area (Å²) in [5.74, 6) is 1.65. The summed E-state index contributed by atoms with van der Waals surface area (Å²) in [4.78, 5) is 5.20. The van der Waals surface area contributed by atoms with E-state index < -0.39 is 0 Å². The van der Waals surface area contributed by atoms with Gasteiger partial charge in [0.2, 0.25) is 0 Å². The molecule has 2 unspecified atom stereocenters. The molecule has 10 nitrogen and oxygen atoms in total. The van der Waals surface area contributed by atoms with Crippen LogP contribution in [0.5, 0.6) is 11.5 Å². The molecule has 436 valence electrons. The number of nitrogens with zero attached hydrogens (tertiary/aromatic N) is 2. The number of benzene rings is 6.